The summed E-state index contributed by atoms with van der Waals surface area (Å²) in [4.78, 5) is 11.6. The third kappa shape index (κ3) is 1.09. The van der Waals surface area contributed by atoms with Crippen molar-refractivity contribution < 1.29 is 0 Å². The molecular formula is C6H6N6. The van der Waals surface area contributed by atoms with Crippen molar-refractivity contribution in [1.82, 2.24) is 24.7 Å². The molecule has 2 rings (SSSR count). The highest BCUT2D eigenvalue weighted by molar-refractivity contribution is 5.29. The zero-order valence-corrected chi connectivity index (χ0v) is 6.12. The normalized spacial score (nSPS) is 10.0. The summed E-state index contributed by atoms with van der Waals surface area (Å²) in [6, 6.07) is 0. The fraction of sp³-hybridized carbons (Fsp3) is 0. The molecule has 0 atom stereocenters. The van der Waals surface area contributed by atoms with Crippen molar-refractivity contribution in [3.8, 4) is 5.82 Å². The van der Waals surface area contributed by atoms with Crippen LogP contribution in [-0.4, -0.2) is 24.7 Å². The standard InChI is InChI=1S/C6H6N6/c7-5-1-8-2-6(11-5)12-4-9-3-10-12/h1-4H,(H2,7,11). The predicted molar refractivity (Wildman–Crippen MR) is 41.4 cm³/mol. The smallest absolute Gasteiger partial charge is 0.175 e. The average molecular weight is 162 g/mol. The van der Waals surface area contributed by atoms with Crippen molar-refractivity contribution in [2.24, 2.45) is 0 Å². The second kappa shape index (κ2) is 2.57. The van der Waals surface area contributed by atoms with E-state index in [1.807, 2.05) is 0 Å². The molecular weight excluding hydrogens is 156 g/mol. The molecule has 0 spiro atoms. The van der Waals surface area contributed by atoms with Crippen molar-refractivity contribution in [3.05, 3.63) is 25.0 Å². The summed E-state index contributed by atoms with van der Waals surface area (Å²) >= 11 is 0. The molecule has 0 aliphatic heterocycles. The second-order valence-electron chi connectivity index (χ2n) is 2.14. The Balaban J connectivity index is 2.48. The van der Waals surface area contributed by atoms with Crippen LogP contribution in [0.1, 0.15) is 0 Å². The number of rotatable bonds is 1. The van der Waals surface area contributed by atoms with E-state index in [2.05, 4.69) is 20.1 Å². The molecule has 60 valence electrons. The number of nitrogens with zero attached hydrogens (tertiary/aromatic N) is 5. The number of anilines is 1. The molecule has 0 aromatic carbocycles. The van der Waals surface area contributed by atoms with Gasteiger partial charge in [0, 0.05) is 0 Å². The summed E-state index contributed by atoms with van der Waals surface area (Å²) in [6.07, 6.45) is 5.99. The third-order valence-corrected chi connectivity index (χ3v) is 1.29. The number of hydrogen-bond donors (Lipinski definition) is 1. The van der Waals surface area contributed by atoms with Gasteiger partial charge < -0.3 is 5.73 Å². The minimum absolute atomic E-state index is 0.364. The first-order valence-corrected chi connectivity index (χ1v) is 3.29. The van der Waals surface area contributed by atoms with E-state index in [9.17, 15) is 0 Å². The summed E-state index contributed by atoms with van der Waals surface area (Å²) in [7, 11) is 0. The number of nitrogens with two attached hydrogens (primary N) is 1. The van der Waals surface area contributed by atoms with Crippen LogP contribution < -0.4 is 5.73 Å². The first-order chi connectivity index (χ1) is 5.86. The van der Waals surface area contributed by atoms with E-state index >= 15 is 0 Å². The van der Waals surface area contributed by atoms with Gasteiger partial charge in [0.1, 0.15) is 18.5 Å². The molecule has 2 heterocycles. The van der Waals surface area contributed by atoms with Gasteiger partial charge in [-0.1, -0.05) is 0 Å². The Labute approximate surface area is 68.1 Å². The van der Waals surface area contributed by atoms with Crippen LogP contribution >= 0.6 is 0 Å². The lowest BCUT2D eigenvalue weighted by molar-refractivity contribution is 0.838. The quantitative estimate of drug-likeness (QED) is 0.619. The minimum Gasteiger partial charge on any atom is -0.382 e. The highest BCUT2D eigenvalue weighted by Crippen LogP contribution is 2.00. The highest BCUT2D eigenvalue weighted by atomic mass is 15.3. The lowest BCUT2D eigenvalue weighted by Gasteiger charge is -1.97. The second-order valence-corrected chi connectivity index (χ2v) is 2.14. The zero-order chi connectivity index (χ0) is 8.39. The molecule has 0 radical (unpaired) electrons. The van der Waals surface area contributed by atoms with Crippen molar-refractivity contribution in [3.63, 3.8) is 0 Å². The van der Waals surface area contributed by atoms with Gasteiger partial charge in [0.25, 0.3) is 0 Å². The number of nitrogen functional groups attached to an aromatic ring is 1. The molecule has 0 amide bonds. The molecule has 0 fully saturated rings. The molecule has 6 nitrogen and oxygen atoms in total. The first kappa shape index (κ1) is 6.71. The van der Waals surface area contributed by atoms with Gasteiger partial charge in [-0.25, -0.2) is 14.6 Å². The zero-order valence-electron chi connectivity index (χ0n) is 6.12. The van der Waals surface area contributed by atoms with Crippen molar-refractivity contribution in [2.45, 2.75) is 0 Å². The van der Waals surface area contributed by atoms with Gasteiger partial charge in [-0.05, 0) is 0 Å². The molecule has 0 saturated carbocycles. The molecule has 2 aromatic heterocycles. The maximum Gasteiger partial charge on any atom is 0.175 e. The van der Waals surface area contributed by atoms with Crippen LogP contribution in [0.2, 0.25) is 0 Å². The van der Waals surface area contributed by atoms with E-state index in [1.54, 1.807) is 6.20 Å². The van der Waals surface area contributed by atoms with Crippen LogP contribution in [-0.2, 0) is 0 Å². The Hall–Kier alpha value is -1.98. The molecule has 12 heavy (non-hydrogen) atoms. The van der Waals surface area contributed by atoms with Crippen LogP contribution in [0.25, 0.3) is 5.82 Å². The van der Waals surface area contributed by atoms with E-state index in [0.717, 1.165) is 0 Å². The van der Waals surface area contributed by atoms with E-state index in [1.165, 1.54) is 23.5 Å². The first-order valence-electron chi connectivity index (χ1n) is 3.29. The van der Waals surface area contributed by atoms with Crippen LogP contribution in [0, 0.1) is 0 Å². The summed E-state index contributed by atoms with van der Waals surface area (Å²) in [5, 5.41) is 3.88. The molecule has 0 saturated heterocycles. The molecule has 0 unspecified atom stereocenters. The fourth-order valence-corrected chi connectivity index (χ4v) is 0.807. The largest absolute Gasteiger partial charge is 0.382 e. The van der Waals surface area contributed by atoms with Gasteiger partial charge in [-0.2, -0.15) is 5.10 Å². The van der Waals surface area contributed by atoms with Gasteiger partial charge in [0.15, 0.2) is 5.82 Å². The Morgan fingerprint density at radius 1 is 1.25 bits per heavy atom. The van der Waals surface area contributed by atoms with Crippen LogP contribution in [0.5, 0.6) is 0 Å². The average Bonchev–Trinajstić information content (AvgIpc) is 2.56. The summed E-state index contributed by atoms with van der Waals surface area (Å²) in [5.41, 5.74) is 5.43. The molecule has 2 N–H and O–H groups in total. The van der Waals surface area contributed by atoms with Crippen molar-refractivity contribution in [2.75, 3.05) is 5.73 Å². The van der Waals surface area contributed by atoms with Gasteiger partial charge in [-0.3, -0.25) is 4.98 Å². The highest BCUT2D eigenvalue weighted by Gasteiger charge is 1.97. The number of aromatic nitrogens is 5. The van der Waals surface area contributed by atoms with Gasteiger partial charge in [-0.15, -0.1) is 0 Å². The van der Waals surface area contributed by atoms with Gasteiger partial charge in [0.2, 0.25) is 0 Å². The SMILES string of the molecule is Nc1cncc(-n2cncn2)n1. The Morgan fingerprint density at radius 2 is 2.17 bits per heavy atom. The van der Waals surface area contributed by atoms with Crippen LogP contribution in [0.3, 0.4) is 0 Å². The fourth-order valence-electron chi connectivity index (χ4n) is 0.807. The maximum atomic E-state index is 5.43. The van der Waals surface area contributed by atoms with Crippen LogP contribution in [0.15, 0.2) is 25.0 Å². The monoisotopic (exact) mass is 162 g/mol. The Bertz CT molecular complexity index is 367. The lowest BCUT2D eigenvalue weighted by Crippen LogP contribution is -2.01. The van der Waals surface area contributed by atoms with Crippen LogP contribution in [0.4, 0.5) is 5.82 Å². The summed E-state index contributed by atoms with van der Waals surface area (Å²) < 4.78 is 1.49. The lowest BCUT2D eigenvalue weighted by atomic mass is 10.6. The molecule has 6 heteroatoms. The van der Waals surface area contributed by atoms with Gasteiger partial charge in [0.05, 0.1) is 12.4 Å². The summed E-state index contributed by atoms with van der Waals surface area (Å²) in [5.74, 6) is 0.926. The molecule has 2 aromatic rings. The van der Waals surface area contributed by atoms with E-state index in [4.69, 9.17) is 5.73 Å². The van der Waals surface area contributed by atoms with E-state index < -0.39 is 0 Å². The maximum absolute atomic E-state index is 5.43. The van der Waals surface area contributed by atoms with E-state index in [-0.39, 0.29) is 0 Å². The van der Waals surface area contributed by atoms with Crippen molar-refractivity contribution >= 4 is 5.82 Å². The molecule has 0 aliphatic rings. The Kier molecular flexibility index (Phi) is 1.44. The molecule has 0 aliphatic carbocycles. The number of hydrogen-bond acceptors (Lipinski definition) is 5. The topological polar surface area (TPSA) is 82.5 Å². The third-order valence-electron chi connectivity index (χ3n) is 1.29. The van der Waals surface area contributed by atoms with E-state index in [0.29, 0.717) is 11.6 Å². The Morgan fingerprint density at radius 3 is 2.83 bits per heavy atom. The minimum atomic E-state index is 0.364. The summed E-state index contributed by atoms with van der Waals surface area (Å²) in [6.45, 7) is 0. The van der Waals surface area contributed by atoms with Gasteiger partial charge >= 0.3 is 0 Å². The van der Waals surface area contributed by atoms with Crippen molar-refractivity contribution in [1.29, 1.82) is 0 Å². The molecule has 0 bridgehead atoms. The predicted octanol–water partition coefficient (Wildman–Crippen LogP) is -0.361.